The monoisotopic (exact) mass is 829 g/mol. The van der Waals surface area contributed by atoms with Crippen LogP contribution in [0, 0.1) is 0 Å². The van der Waals surface area contributed by atoms with Gasteiger partial charge in [-0.05, 0) is 77.0 Å². The molecular formula is C53H96O6. The largest absolute Gasteiger partial charge is 0.462 e. The molecule has 1 atom stereocenters. The third-order valence-corrected chi connectivity index (χ3v) is 11.1. The molecule has 0 spiro atoms. The SMILES string of the molecule is CCCCC/C=C/C/C=C/CCCCCCCC(=O)OC(COC(=O)CCCCCCC/C=C/CCCCCCCC)COC(=O)CCCCCCCCCCCCC. The second kappa shape index (κ2) is 48.3. The van der Waals surface area contributed by atoms with Crippen molar-refractivity contribution in [1.82, 2.24) is 0 Å². The van der Waals surface area contributed by atoms with Crippen molar-refractivity contribution in [2.45, 2.75) is 271 Å². The predicted molar refractivity (Wildman–Crippen MR) is 252 cm³/mol. The summed E-state index contributed by atoms with van der Waals surface area (Å²) in [6.07, 6.45) is 55.5. The molecule has 0 radical (unpaired) electrons. The van der Waals surface area contributed by atoms with Gasteiger partial charge in [0, 0.05) is 19.3 Å². The lowest BCUT2D eigenvalue weighted by atomic mass is 10.1. The minimum Gasteiger partial charge on any atom is -0.462 e. The van der Waals surface area contributed by atoms with Crippen LogP contribution in [-0.2, 0) is 28.6 Å². The van der Waals surface area contributed by atoms with Gasteiger partial charge in [0.25, 0.3) is 0 Å². The summed E-state index contributed by atoms with van der Waals surface area (Å²) in [5, 5.41) is 0. The van der Waals surface area contributed by atoms with Crippen molar-refractivity contribution < 1.29 is 28.6 Å². The van der Waals surface area contributed by atoms with E-state index in [9.17, 15) is 14.4 Å². The molecule has 0 aliphatic carbocycles. The molecule has 0 saturated carbocycles. The van der Waals surface area contributed by atoms with Crippen molar-refractivity contribution in [3.63, 3.8) is 0 Å². The van der Waals surface area contributed by atoms with Gasteiger partial charge in [0.05, 0.1) is 0 Å². The van der Waals surface area contributed by atoms with Crippen LogP contribution in [0.5, 0.6) is 0 Å². The second-order valence-electron chi connectivity index (χ2n) is 17.1. The lowest BCUT2D eigenvalue weighted by Crippen LogP contribution is -2.30. The van der Waals surface area contributed by atoms with E-state index in [2.05, 4.69) is 57.2 Å². The summed E-state index contributed by atoms with van der Waals surface area (Å²) in [7, 11) is 0. The fourth-order valence-corrected chi connectivity index (χ4v) is 7.23. The molecule has 59 heavy (non-hydrogen) atoms. The van der Waals surface area contributed by atoms with Crippen LogP contribution in [0.4, 0.5) is 0 Å². The average Bonchev–Trinajstić information content (AvgIpc) is 3.23. The number of hydrogen-bond donors (Lipinski definition) is 0. The second-order valence-corrected chi connectivity index (χ2v) is 17.1. The zero-order valence-corrected chi connectivity index (χ0v) is 39.3. The van der Waals surface area contributed by atoms with Gasteiger partial charge in [-0.2, -0.15) is 0 Å². The first-order chi connectivity index (χ1) is 29.0. The molecule has 0 aromatic carbocycles. The summed E-state index contributed by atoms with van der Waals surface area (Å²) in [5.74, 6) is -0.893. The van der Waals surface area contributed by atoms with E-state index in [1.54, 1.807) is 0 Å². The number of carbonyl (C=O) groups is 3. The maximum atomic E-state index is 12.8. The van der Waals surface area contributed by atoms with Gasteiger partial charge in [-0.3, -0.25) is 14.4 Å². The summed E-state index contributed by atoms with van der Waals surface area (Å²) >= 11 is 0. The van der Waals surface area contributed by atoms with Crippen LogP contribution in [0.25, 0.3) is 0 Å². The Labute approximate surface area is 365 Å². The zero-order chi connectivity index (χ0) is 43.0. The molecule has 0 aliphatic rings. The number of allylic oxidation sites excluding steroid dienone is 6. The molecule has 0 aliphatic heterocycles. The molecule has 0 heterocycles. The zero-order valence-electron chi connectivity index (χ0n) is 39.3. The molecule has 0 bridgehead atoms. The van der Waals surface area contributed by atoms with Gasteiger partial charge in [0.1, 0.15) is 13.2 Å². The molecule has 0 aromatic rings. The minimum atomic E-state index is -0.778. The normalized spacial score (nSPS) is 12.3. The van der Waals surface area contributed by atoms with E-state index in [4.69, 9.17) is 14.2 Å². The number of hydrogen-bond acceptors (Lipinski definition) is 6. The molecule has 0 saturated heterocycles. The van der Waals surface area contributed by atoms with Gasteiger partial charge in [0.15, 0.2) is 6.10 Å². The summed E-state index contributed by atoms with van der Waals surface area (Å²) in [5.41, 5.74) is 0. The third-order valence-electron chi connectivity index (χ3n) is 11.1. The molecule has 0 aromatic heterocycles. The van der Waals surface area contributed by atoms with E-state index < -0.39 is 6.10 Å². The van der Waals surface area contributed by atoms with Crippen molar-refractivity contribution in [3.05, 3.63) is 36.5 Å². The lowest BCUT2D eigenvalue weighted by molar-refractivity contribution is -0.167. The highest BCUT2D eigenvalue weighted by atomic mass is 16.6. The van der Waals surface area contributed by atoms with Gasteiger partial charge in [-0.15, -0.1) is 0 Å². The summed E-state index contributed by atoms with van der Waals surface area (Å²) < 4.78 is 16.8. The molecule has 6 nitrogen and oxygen atoms in total. The van der Waals surface area contributed by atoms with Crippen molar-refractivity contribution in [2.24, 2.45) is 0 Å². The Morgan fingerprint density at radius 3 is 0.983 bits per heavy atom. The van der Waals surface area contributed by atoms with E-state index in [0.29, 0.717) is 19.3 Å². The lowest BCUT2D eigenvalue weighted by Gasteiger charge is -2.18. The van der Waals surface area contributed by atoms with Crippen LogP contribution in [0.15, 0.2) is 36.5 Å². The molecule has 0 N–H and O–H groups in total. The molecular weight excluding hydrogens is 733 g/mol. The Morgan fingerprint density at radius 1 is 0.339 bits per heavy atom. The fourth-order valence-electron chi connectivity index (χ4n) is 7.23. The third kappa shape index (κ3) is 46.5. The first kappa shape index (κ1) is 56.6. The van der Waals surface area contributed by atoms with Crippen LogP contribution >= 0.6 is 0 Å². The molecule has 1 unspecified atom stereocenters. The van der Waals surface area contributed by atoms with Crippen LogP contribution in [0.3, 0.4) is 0 Å². The van der Waals surface area contributed by atoms with E-state index >= 15 is 0 Å². The molecule has 0 rings (SSSR count). The van der Waals surface area contributed by atoms with E-state index in [0.717, 1.165) is 89.9 Å². The van der Waals surface area contributed by atoms with Crippen molar-refractivity contribution >= 4 is 17.9 Å². The Morgan fingerprint density at radius 2 is 0.610 bits per heavy atom. The van der Waals surface area contributed by atoms with Crippen LogP contribution in [-0.4, -0.2) is 37.2 Å². The van der Waals surface area contributed by atoms with E-state index in [-0.39, 0.29) is 31.1 Å². The summed E-state index contributed by atoms with van der Waals surface area (Å²) in [6.45, 7) is 6.59. The highest BCUT2D eigenvalue weighted by Gasteiger charge is 2.19. The maximum absolute atomic E-state index is 12.8. The maximum Gasteiger partial charge on any atom is 0.306 e. The molecule has 0 fully saturated rings. The van der Waals surface area contributed by atoms with E-state index in [1.165, 1.54) is 135 Å². The standard InChI is InChI=1S/C53H96O6/c1-4-7-10-13-16-19-22-24-26-28-31-34-37-40-43-46-52(55)58-49-50(48-57-51(54)45-42-39-36-33-30-21-18-15-12-9-6-3)59-53(56)47-44-41-38-35-32-29-27-25-23-20-17-14-11-8-5-2/h17,20,24-27,50H,4-16,18-19,21-23,28-49H2,1-3H3/b20-17+,26-24+,27-25+. The number of esters is 3. The Balaban J connectivity index is 4.38. The first-order valence-corrected chi connectivity index (χ1v) is 25.5. The van der Waals surface area contributed by atoms with Crippen molar-refractivity contribution in [3.8, 4) is 0 Å². The van der Waals surface area contributed by atoms with Gasteiger partial charge in [-0.1, -0.05) is 205 Å². The molecule has 6 heteroatoms. The highest BCUT2D eigenvalue weighted by Crippen LogP contribution is 2.15. The van der Waals surface area contributed by atoms with Crippen LogP contribution < -0.4 is 0 Å². The van der Waals surface area contributed by atoms with Gasteiger partial charge < -0.3 is 14.2 Å². The Hall–Kier alpha value is -2.37. The van der Waals surface area contributed by atoms with Gasteiger partial charge in [-0.25, -0.2) is 0 Å². The topological polar surface area (TPSA) is 78.9 Å². The van der Waals surface area contributed by atoms with Crippen molar-refractivity contribution in [2.75, 3.05) is 13.2 Å². The van der Waals surface area contributed by atoms with E-state index in [1.807, 2.05) is 0 Å². The minimum absolute atomic E-state index is 0.0779. The summed E-state index contributed by atoms with van der Waals surface area (Å²) in [4.78, 5) is 37.9. The summed E-state index contributed by atoms with van der Waals surface area (Å²) in [6, 6.07) is 0. The highest BCUT2D eigenvalue weighted by molar-refractivity contribution is 5.71. The predicted octanol–water partition coefficient (Wildman–Crippen LogP) is 16.5. The first-order valence-electron chi connectivity index (χ1n) is 25.5. The Kier molecular flexibility index (Phi) is 46.4. The van der Waals surface area contributed by atoms with Gasteiger partial charge >= 0.3 is 17.9 Å². The quantitative estimate of drug-likeness (QED) is 0.0263. The van der Waals surface area contributed by atoms with Gasteiger partial charge in [0.2, 0.25) is 0 Å². The number of unbranched alkanes of at least 4 members (excludes halogenated alkanes) is 29. The van der Waals surface area contributed by atoms with Crippen molar-refractivity contribution in [1.29, 1.82) is 0 Å². The number of carbonyl (C=O) groups excluding carboxylic acids is 3. The fraction of sp³-hybridized carbons (Fsp3) is 0.830. The molecule has 344 valence electrons. The smallest absolute Gasteiger partial charge is 0.306 e. The number of rotatable bonds is 46. The van der Waals surface area contributed by atoms with Crippen LogP contribution in [0.2, 0.25) is 0 Å². The average molecular weight is 829 g/mol. The van der Waals surface area contributed by atoms with Crippen LogP contribution in [0.1, 0.15) is 265 Å². The molecule has 0 amide bonds. The Bertz CT molecular complexity index is 1000. The number of ether oxygens (including phenoxy) is 3.